The summed E-state index contributed by atoms with van der Waals surface area (Å²) < 4.78 is 26.3. The molecule has 1 aromatic rings. The van der Waals surface area contributed by atoms with Gasteiger partial charge in [-0.25, -0.2) is 13.1 Å². The standard InChI is InChI=1S/C12H21N3O2S/c1-11(12-6-5-8-14-10-12)15-18(16,17)9-4-3-7-13-2/h5-6,8,10-11,13,15H,3-4,7,9H2,1-2H3. The van der Waals surface area contributed by atoms with E-state index in [9.17, 15) is 8.42 Å². The summed E-state index contributed by atoms with van der Waals surface area (Å²) in [5.41, 5.74) is 0.872. The molecule has 0 radical (unpaired) electrons. The smallest absolute Gasteiger partial charge is 0.212 e. The lowest BCUT2D eigenvalue weighted by atomic mass is 10.2. The first kappa shape index (κ1) is 15.1. The molecule has 1 heterocycles. The SMILES string of the molecule is CNCCCCS(=O)(=O)NC(C)c1cccnc1. The van der Waals surface area contributed by atoms with Crippen molar-refractivity contribution in [1.29, 1.82) is 0 Å². The average molecular weight is 271 g/mol. The van der Waals surface area contributed by atoms with Gasteiger partial charge in [0.15, 0.2) is 0 Å². The van der Waals surface area contributed by atoms with Gasteiger partial charge in [0.1, 0.15) is 0 Å². The molecular formula is C12H21N3O2S. The molecule has 0 saturated heterocycles. The van der Waals surface area contributed by atoms with Crippen LogP contribution in [0.2, 0.25) is 0 Å². The van der Waals surface area contributed by atoms with Gasteiger partial charge >= 0.3 is 0 Å². The second-order valence-electron chi connectivity index (χ2n) is 4.26. The zero-order valence-electron chi connectivity index (χ0n) is 10.9. The molecule has 0 aliphatic carbocycles. The van der Waals surface area contributed by atoms with Crippen LogP contribution in [0.5, 0.6) is 0 Å². The summed E-state index contributed by atoms with van der Waals surface area (Å²) in [4.78, 5) is 3.98. The predicted molar refractivity (Wildman–Crippen MR) is 72.7 cm³/mol. The highest BCUT2D eigenvalue weighted by Gasteiger charge is 2.15. The monoisotopic (exact) mass is 271 g/mol. The Hall–Kier alpha value is -0.980. The molecule has 0 saturated carbocycles. The molecule has 1 unspecified atom stereocenters. The molecule has 102 valence electrons. The number of pyridine rings is 1. The van der Waals surface area contributed by atoms with Gasteiger partial charge in [-0.2, -0.15) is 0 Å². The average Bonchev–Trinajstić information content (AvgIpc) is 2.35. The van der Waals surface area contributed by atoms with Gasteiger partial charge in [-0.1, -0.05) is 6.07 Å². The molecule has 0 spiro atoms. The number of sulfonamides is 1. The maximum absolute atomic E-state index is 11.8. The molecule has 1 rings (SSSR count). The largest absolute Gasteiger partial charge is 0.320 e. The molecule has 5 nitrogen and oxygen atoms in total. The van der Waals surface area contributed by atoms with E-state index in [1.54, 1.807) is 18.5 Å². The van der Waals surface area contributed by atoms with Gasteiger partial charge < -0.3 is 5.32 Å². The van der Waals surface area contributed by atoms with E-state index in [1.807, 2.05) is 20.0 Å². The highest BCUT2D eigenvalue weighted by molar-refractivity contribution is 7.89. The third kappa shape index (κ3) is 5.57. The molecule has 0 aliphatic rings. The zero-order valence-corrected chi connectivity index (χ0v) is 11.7. The Bertz CT molecular complexity index is 434. The molecule has 0 bridgehead atoms. The van der Waals surface area contributed by atoms with E-state index in [2.05, 4.69) is 15.0 Å². The minimum absolute atomic E-state index is 0.166. The zero-order chi connectivity index (χ0) is 13.4. The quantitative estimate of drug-likeness (QED) is 0.694. The summed E-state index contributed by atoms with van der Waals surface area (Å²) in [7, 11) is -1.36. The second-order valence-corrected chi connectivity index (χ2v) is 6.13. The van der Waals surface area contributed by atoms with Crippen LogP contribution in [0, 0.1) is 0 Å². The maximum atomic E-state index is 11.8. The molecule has 6 heteroatoms. The molecule has 1 atom stereocenters. The van der Waals surface area contributed by atoms with E-state index in [0.29, 0.717) is 6.42 Å². The number of aromatic nitrogens is 1. The lowest BCUT2D eigenvalue weighted by Crippen LogP contribution is -2.29. The summed E-state index contributed by atoms with van der Waals surface area (Å²) in [6.07, 6.45) is 4.87. The third-order valence-electron chi connectivity index (χ3n) is 2.63. The molecule has 18 heavy (non-hydrogen) atoms. The van der Waals surface area contributed by atoms with E-state index >= 15 is 0 Å². The van der Waals surface area contributed by atoms with Crippen LogP contribution in [-0.2, 0) is 10.0 Å². The Balaban J connectivity index is 2.45. The molecular weight excluding hydrogens is 250 g/mol. The summed E-state index contributed by atoms with van der Waals surface area (Å²) in [5.74, 6) is 0.166. The Labute approximate surface area is 109 Å². The molecule has 0 aliphatic heterocycles. The van der Waals surface area contributed by atoms with E-state index in [-0.39, 0.29) is 11.8 Å². The van der Waals surface area contributed by atoms with E-state index < -0.39 is 10.0 Å². The fourth-order valence-electron chi connectivity index (χ4n) is 1.62. The number of hydrogen-bond donors (Lipinski definition) is 2. The van der Waals surface area contributed by atoms with Crippen LogP contribution in [0.15, 0.2) is 24.5 Å². The number of nitrogens with one attached hydrogen (secondary N) is 2. The van der Waals surface area contributed by atoms with Crippen LogP contribution >= 0.6 is 0 Å². The highest BCUT2D eigenvalue weighted by atomic mass is 32.2. The third-order valence-corrected chi connectivity index (χ3v) is 4.17. The van der Waals surface area contributed by atoms with Gasteiger partial charge in [-0.15, -0.1) is 0 Å². The van der Waals surface area contributed by atoms with Crippen molar-refractivity contribution in [2.45, 2.75) is 25.8 Å². The van der Waals surface area contributed by atoms with E-state index in [4.69, 9.17) is 0 Å². The number of nitrogens with zero attached hydrogens (tertiary/aromatic N) is 1. The first-order chi connectivity index (χ1) is 8.55. The number of unbranched alkanes of at least 4 members (excludes halogenated alkanes) is 1. The highest BCUT2D eigenvalue weighted by Crippen LogP contribution is 2.11. The minimum atomic E-state index is -3.21. The molecule has 0 fully saturated rings. The van der Waals surface area contributed by atoms with Crippen LogP contribution in [0.3, 0.4) is 0 Å². The summed E-state index contributed by atoms with van der Waals surface area (Å²) in [6, 6.07) is 3.42. The topological polar surface area (TPSA) is 71.1 Å². The van der Waals surface area contributed by atoms with Crippen molar-refractivity contribution >= 4 is 10.0 Å². The van der Waals surface area contributed by atoms with Gasteiger partial charge in [-0.05, 0) is 45.0 Å². The van der Waals surface area contributed by atoms with Crippen molar-refractivity contribution in [3.63, 3.8) is 0 Å². The molecule has 0 aromatic carbocycles. The van der Waals surface area contributed by atoms with Crippen LogP contribution in [0.1, 0.15) is 31.4 Å². The molecule has 0 amide bonds. The van der Waals surface area contributed by atoms with Gasteiger partial charge in [0.2, 0.25) is 10.0 Å². The van der Waals surface area contributed by atoms with Crippen molar-refractivity contribution in [3.05, 3.63) is 30.1 Å². The first-order valence-electron chi connectivity index (χ1n) is 6.09. The molecule has 1 aromatic heterocycles. The van der Waals surface area contributed by atoms with Crippen LogP contribution in [-0.4, -0.2) is 32.7 Å². The Kier molecular flexibility index (Phi) is 6.24. The van der Waals surface area contributed by atoms with Crippen LogP contribution in [0.25, 0.3) is 0 Å². The lowest BCUT2D eigenvalue weighted by Gasteiger charge is -2.14. The fraction of sp³-hybridized carbons (Fsp3) is 0.583. The Morgan fingerprint density at radius 1 is 1.39 bits per heavy atom. The normalized spacial score (nSPS) is 13.4. The van der Waals surface area contributed by atoms with Crippen molar-refractivity contribution in [2.24, 2.45) is 0 Å². The summed E-state index contributed by atoms with van der Waals surface area (Å²) in [5, 5.41) is 3.00. The summed E-state index contributed by atoms with van der Waals surface area (Å²) in [6.45, 7) is 2.66. The van der Waals surface area contributed by atoms with Crippen LogP contribution in [0.4, 0.5) is 0 Å². The number of rotatable bonds is 8. The maximum Gasteiger partial charge on any atom is 0.212 e. The molecule has 2 N–H and O–H groups in total. The van der Waals surface area contributed by atoms with E-state index in [0.717, 1.165) is 18.5 Å². The fourth-order valence-corrected chi connectivity index (χ4v) is 3.00. The van der Waals surface area contributed by atoms with Gasteiger partial charge in [0, 0.05) is 18.4 Å². The minimum Gasteiger partial charge on any atom is -0.320 e. The van der Waals surface area contributed by atoms with Crippen molar-refractivity contribution in [1.82, 2.24) is 15.0 Å². The lowest BCUT2D eigenvalue weighted by molar-refractivity contribution is 0.561. The van der Waals surface area contributed by atoms with Crippen molar-refractivity contribution in [3.8, 4) is 0 Å². The Morgan fingerprint density at radius 3 is 2.78 bits per heavy atom. The van der Waals surface area contributed by atoms with Gasteiger partial charge in [-0.3, -0.25) is 4.98 Å². The van der Waals surface area contributed by atoms with Crippen molar-refractivity contribution < 1.29 is 8.42 Å². The van der Waals surface area contributed by atoms with Gasteiger partial charge in [0.05, 0.1) is 5.75 Å². The second kappa shape index (κ2) is 7.45. The summed E-state index contributed by atoms with van der Waals surface area (Å²) >= 11 is 0. The van der Waals surface area contributed by atoms with Crippen molar-refractivity contribution in [2.75, 3.05) is 19.3 Å². The van der Waals surface area contributed by atoms with Crippen LogP contribution < -0.4 is 10.0 Å². The Morgan fingerprint density at radius 2 is 2.17 bits per heavy atom. The first-order valence-corrected chi connectivity index (χ1v) is 7.75. The number of hydrogen-bond acceptors (Lipinski definition) is 4. The predicted octanol–water partition coefficient (Wildman–Crippen LogP) is 1.06. The van der Waals surface area contributed by atoms with E-state index in [1.165, 1.54) is 0 Å². The van der Waals surface area contributed by atoms with Gasteiger partial charge in [0.25, 0.3) is 0 Å².